The number of azo groups is 2. The van der Waals surface area contributed by atoms with Crippen LogP contribution in [0.25, 0.3) is 0 Å². The molecule has 9 nitrogen and oxygen atoms in total. The van der Waals surface area contributed by atoms with Crippen LogP contribution in [0.5, 0.6) is 11.5 Å². The Morgan fingerprint density at radius 3 is 1.80 bits per heavy atom. The van der Waals surface area contributed by atoms with E-state index in [-0.39, 0.29) is 4.90 Å². The van der Waals surface area contributed by atoms with Gasteiger partial charge in [0.1, 0.15) is 17.2 Å². The average molecular weight is 426 g/mol. The van der Waals surface area contributed by atoms with Gasteiger partial charge in [0.05, 0.1) is 36.2 Å². The molecule has 0 amide bonds. The van der Waals surface area contributed by atoms with E-state index in [1.807, 2.05) is 0 Å². The van der Waals surface area contributed by atoms with Crippen LogP contribution in [0.4, 0.5) is 22.7 Å². The summed E-state index contributed by atoms with van der Waals surface area (Å²) in [5.41, 5.74) is 2.11. The maximum absolute atomic E-state index is 11.1. The monoisotopic (exact) mass is 426 g/mol. The van der Waals surface area contributed by atoms with Crippen LogP contribution in [0.15, 0.2) is 92.1 Å². The highest BCUT2D eigenvalue weighted by atomic mass is 32.2. The first kappa shape index (κ1) is 21.1. The minimum Gasteiger partial charge on any atom is -0.497 e. The molecule has 0 spiro atoms. The Morgan fingerprint density at radius 2 is 1.23 bits per heavy atom. The third-order valence-electron chi connectivity index (χ3n) is 3.92. The highest BCUT2D eigenvalue weighted by molar-refractivity contribution is 7.85. The molecule has 0 fully saturated rings. The van der Waals surface area contributed by atoms with Gasteiger partial charge in [-0.05, 0) is 60.7 Å². The van der Waals surface area contributed by atoms with Crippen LogP contribution in [0.3, 0.4) is 0 Å². The molecule has 0 aliphatic carbocycles. The molecule has 0 saturated carbocycles. The molecule has 0 aliphatic rings. The van der Waals surface area contributed by atoms with Crippen LogP contribution >= 0.6 is 0 Å². The van der Waals surface area contributed by atoms with Crippen LogP contribution in [-0.2, 0) is 10.1 Å². The summed E-state index contributed by atoms with van der Waals surface area (Å²) in [5.74, 6) is 1.19. The van der Waals surface area contributed by atoms with Gasteiger partial charge in [-0.1, -0.05) is 0 Å². The third kappa shape index (κ3) is 5.46. The minimum absolute atomic E-state index is 0.213. The molecule has 10 heteroatoms. The van der Waals surface area contributed by atoms with Crippen molar-refractivity contribution in [3.63, 3.8) is 0 Å². The molecular formula is C20H18N4O5S. The molecule has 3 aromatic rings. The number of benzene rings is 3. The Balaban J connectivity index is 1.76. The smallest absolute Gasteiger partial charge is 0.294 e. The van der Waals surface area contributed by atoms with Gasteiger partial charge in [0, 0.05) is 6.07 Å². The van der Waals surface area contributed by atoms with E-state index in [1.54, 1.807) is 49.6 Å². The number of ether oxygens (including phenoxy) is 2. The lowest BCUT2D eigenvalue weighted by molar-refractivity contribution is 0.414. The molecule has 0 bridgehead atoms. The van der Waals surface area contributed by atoms with E-state index in [0.29, 0.717) is 28.5 Å². The summed E-state index contributed by atoms with van der Waals surface area (Å²) in [6, 6.07) is 17.5. The van der Waals surface area contributed by atoms with Crippen molar-refractivity contribution in [2.45, 2.75) is 4.90 Å². The van der Waals surface area contributed by atoms with Gasteiger partial charge in [0.25, 0.3) is 10.1 Å². The summed E-state index contributed by atoms with van der Waals surface area (Å²) in [6.45, 7) is 0. The number of hydrogen-bond acceptors (Lipinski definition) is 8. The van der Waals surface area contributed by atoms with Crippen molar-refractivity contribution in [3.8, 4) is 11.5 Å². The Labute approximate surface area is 173 Å². The topological polar surface area (TPSA) is 122 Å². The van der Waals surface area contributed by atoms with Crippen molar-refractivity contribution in [2.75, 3.05) is 14.2 Å². The number of hydrogen-bond donors (Lipinski definition) is 1. The summed E-state index contributed by atoms with van der Waals surface area (Å²) in [6.07, 6.45) is 0. The summed E-state index contributed by atoms with van der Waals surface area (Å²) < 4.78 is 41.6. The van der Waals surface area contributed by atoms with Gasteiger partial charge in [0.15, 0.2) is 0 Å². The lowest BCUT2D eigenvalue weighted by atomic mass is 10.2. The molecule has 0 saturated heterocycles. The van der Waals surface area contributed by atoms with Gasteiger partial charge < -0.3 is 9.47 Å². The zero-order valence-electron chi connectivity index (χ0n) is 16.1. The highest BCUT2D eigenvalue weighted by Crippen LogP contribution is 2.33. The average Bonchev–Trinajstić information content (AvgIpc) is 2.76. The molecule has 0 aliphatic heterocycles. The molecule has 1 N–H and O–H groups in total. The Morgan fingerprint density at radius 1 is 0.700 bits per heavy atom. The molecular weight excluding hydrogens is 408 g/mol. The van der Waals surface area contributed by atoms with Crippen molar-refractivity contribution in [1.82, 2.24) is 0 Å². The fourth-order valence-corrected chi connectivity index (χ4v) is 2.85. The van der Waals surface area contributed by atoms with E-state index in [9.17, 15) is 8.42 Å². The predicted octanol–water partition coefficient (Wildman–Crippen LogP) is 5.78. The Hall–Kier alpha value is -3.63. The predicted molar refractivity (Wildman–Crippen MR) is 111 cm³/mol. The number of methoxy groups -OCH3 is 2. The summed E-state index contributed by atoms with van der Waals surface area (Å²) in [5, 5.41) is 16.5. The molecule has 0 atom stereocenters. The summed E-state index contributed by atoms with van der Waals surface area (Å²) >= 11 is 0. The van der Waals surface area contributed by atoms with E-state index in [2.05, 4.69) is 20.5 Å². The lowest BCUT2D eigenvalue weighted by Crippen LogP contribution is -1.96. The maximum atomic E-state index is 11.1. The van der Waals surface area contributed by atoms with Crippen LogP contribution in [0.2, 0.25) is 0 Å². The Bertz CT molecular complexity index is 1170. The van der Waals surface area contributed by atoms with Crippen LogP contribution in [0.1, 0.15) is 0 Å². The van der Waals surface area contributed by atoms with Crippen molar-refractivity contribution in [1.29, 1.82) is 0 Å². The SMILES string of the molecule is COc1ccc(N=Nc2ccc(N=Nc3ccc(S(=O)(=O)O)cc3)cc2OC)cc1. The lowest BCUT2D eigenvalue weighted by Gasteiger charge is -2.04. The molecule has 154 valence electrons. The first-order valence-electron chi connectivity index (χ1n) is 8.62. The quantitative estimate of drug-likeness (QED) is 0.379. The standard InChI is InChI=1S/C20H18N4O5S/c1-28-17-8-3-14(4-9-17)22-24-19-12-7-16(13-20(19)29-2)23-21-15-5-10-18(11-6-15)30(25,26)27/h3-13H,1-2H3,(H,25,26,27). The maximum Gasteiger partial charge on any atom is 0.294 e. The molecule has 0 aromatic heterocycles. The van der Waals surface area contributed by atoms with Gasteiger partial charge in [0.2, 0.25) is 0 Å². The molecule has 0 radical (unpaired) electrons. The van der Waals surface area contributed by atoms with Gasteiger partial charge in [-0.15, -0.1) is 5.11 Å². The second kappa shape index (κ2) is 9.25. The highest BCUT2D eigenvalue weighted by Gasteiger charge is 2.08. The largest absolute Gasteiger partial charge is 0.497 e. The fourth-order valence-electron chi connectivity index (χ4n) is 2.37. The van der Waals surface area contributed by atoms with Gasteiger partial charge in [-0.3, -0.25) is 4.55 Å². The number of rotatable bonds is 7. The van der Waals surface area contributed by atoms with E-state index < -0.39 is 10.1 Å². The van der Waals surface area contributed by atoms with Crippen molar-refractivity contribution in [3.05, 3.63) is 66.7 Å². The second-order valence-electron chi connectivity index (χ2n) is 5.92. The van der Waals surface area contributed by atoms with Gasteiger partial charge >= 0.3 is 0 Å². The third-order valence-corrected chi connectivity index (χ3v) is 4.79. The molecule has 0 heterocycles. The van der Waals surface area contributed by atoms with E-state index in [1.165, 1.54) is 31.4 Å². The van der Waals surface area contributed by atoms with Crippen LogP contribution in [-0.4, -0.2) is 27.2 Å². The van der Waals surface area contributed by atoms with E-state index in [4.69, 9.17) is 14.0 Å². The van der Waals surface area contributed by atoms with Crippen molar-refractivity contribution in [2.24, 2.45) is 20.5 Å². The summed E-state index contributed by atoms with van der Waals surface area (Å²) in [4.78, 5) is -0.213. The molecule has 0 unspecified atom stereocenters. The van der Waals surface area contributed by atoms with E-state index >= 15 is 0 Å². The fraction of sp³-hybridized carbons (Fsp3) is 0.100. The zero-order chi connectivity index (χ0) is 21.6. The van der Waals surface area contributed by atoms with Crippen molar-refractivity contribution >= 4 is 32.9 Å². The second-order valence-corrected chi connectivity index (χ2v) is 7.34. The normalized spacial score (nSPS) is 11.8. The molecule has 3 rings (SSSR count). The first-order valence-corrected chi connectivity index (χ1v) is 10.1. The van der Waals surface area contributed by atoms with Gasteiger partial charge in [-0.2, -0.15) is 23.8 Å². The molecule has 3 aromatic carbocycles. The summed E-state index contributed by atoms with van der Waals surface area (Å²) in [7, 11) is -1.14. The first-order chi connectivity index (χ1) is 14.4. The minimum atomic E-state index is -4.24. The zero-order valence-corrected chi connectivity index (χ0v) is 16.9. The van der Waals surface area contributed by atoms with Crippen molar-refractivity contribution < 1.29 is 22.4 Å². The number of nitrogens with zero attached hydrogens (tertiary/aromatic N) is 4. The Kier molecular flexibility index (Phi) is 6.50. The van der Waals surface area contributed by atoms with Crippen LogP contribution < -0.4 is 9.47 Å². The van der Waals surface area contributed by atoms with Gasteiger partial charge in [-0.25, -0.2) is 0 Å². The van der Waals surface area contributed by atoms with Crippen LogP contribution in [0, 0.1) is 0 Å². The molecule has 30 heavy (non-hydrogen) atoms. The van der Waals surface area contributed by atoms with E-state index in [0.717, 1.165) is 5.75 Å².